The molecular formula is C20H18ClN7OS. The van der Waals surface area contributed by atoms with Crippen LogP contribution in [0.5, 0.6) is 0 Å². The first-order chi connectivity index (χ1) is 14.6. The molecule has 152 valence electrons. The van der Waals surface area contributed by atoms with E-state index in [2.05, 4.69) is 29.7 Å². The van der Waals surface area contributed by atoms with Crippen LogP contribution in [-0.4, -0.2) is 52.0 Å². The Morgan fingerprint density at radius 1 is 1.03 bits per heavy atom. The van der Waals surface area contributed by atoms with Gasteiger partial charge in [0.2, 0.25) is 11.9 Å². The molecule has 8 nitrogen and oxygen atoms in total. The quantitative estimate of drug-likeness (QED) is 0.473. The number of hydrogen-bond donors (Lipinski definition) is 2. The molecule has 4 aromatic rings. The van der Waals surface area contributed by atoms with Crippen LogP contribution in [0.2, 0.25) is 5.15 Å². The predicted octanol–water partition coefficient (Wildman–Crippen LogP) is 3.16. The number of carbonyl (C=O) groups is 1. The first-order valence-electron chi connectivity index (χ1n) is 9.45. The maximum absolute atomic E-state index is 11.2. The number of H-pyrrole nitrogens is 1. The molecule has 0 radical (unpaired) electrons. The highest BCUT2D eigenvalue weighted by molar-refractivity contribution is 7.13. The summed E-state index contributed by atoms with van der Waals surface area (Å²) in [5, 5.41) is 2.35. The Labute approximate surface area is 181 Å². The zero-order valence-corrected chi connectivity index (χ0v) is 17.5. The molecule has 0 bridgehead atoms. The molecule has 30 heavy (non-hydrogen) atoms. The fourth-order valence-electron chi connectivity index (χ4n) is 3.53. The van der Waals surface area contributed by atoms with Crippen molar-refractivity contribution in [2.75, 3.05) is 36.0 Å². The van der Waals surface area contributed by atoms with Crippen LogP contribution in [0.1, 0.15) is 10.4 Å². The molecule has 1 fully saturated rings. The van der Waals surface area contributed by atoms with Crippen molar-refractivity contribution in [3.63, 3.8) is 0 Å². The molecular weight excluding hydrogens is 422 g/mol. The lowest BCUT2D eigenvalue weighted by Crippen LogP contribution is -2.47. The number of hydrogen-bond acceptors (Lipinski definition) is 7. The Morgan fingerprint density at radius 3 is 2.43 bits per heavy atom. The van der Waals surface area contributed by atoms with Crippen molar-refractivity contribution in [2.45, 2.75) is 0 Å². The van der Waals surface area contributed by atoms with Crippen LogP contribution in [0.3, 0.4) is 0 Å². The summed E-state index contributed by atoms with van der Waals surface area (Å²) in [5.41, 5.74) is 8.11. The standard InChI is InChI=1S/C20H18ClN7OS/c21-16-15-19(25-18(24-16)14-2-1-11-30-14)26-20(23-15)28-9-7-27(8-10-28)13-5-3-12(4-6-13)17(22)29/h1-6,11H,7-10H2,(H2,22,29)(H,23,24,25,26). The lowest BCUT2D eigenvalue weighted by atomic mass is 10.1. The molecule has 3 aromatic heterocycles. The number of primary amides is 1. The van der Waals surface area contributed by atoms with Gasteiger partial charge in [-0.3, -0.25) is 4.79 Å². The number of carbonyl (C=O) groups excluding carboxylic acids is 1. The SMILES string of the molecule is NC(=O)c1ccc(N2CCN(c3nc4nc(-c5cccs5)nc(Cl)c4[nH]3)CC2)cc1. The number of aromatic amines is 1. The van der Waals surface area contributed by atoms with Crippen molar-refractivity contribution in [1.82, 2.24) is 19.9 Å². The number of rotatable bonds is 4. The predicted molar refractivity (Wildman–Crippen MR) is 119 cm³/mol. The number of anilines is 2. The van der Waals surface area contributed by atoms with Crippen molar-refractivity contribution in [3.05, 3.63) is 52.5 Å². The number of benzene rings is 1. The van der Waals surface area contributed by atoms with Crippen LogP contribution in [0.15, 0.2) is 41.8 Å². The number of nitrogens with two attached hydrogens (primary N) is 1. The zero-order chi connectivity index (χ0) is 20.7. The highest BCUT2D eigenvalue weighted by Gasteiger charge is 2.22. The van der Waals surface area contributed by atoms with Crippen LogP contribution < -0.4 is 15.5 Å². The van der Waals surface area contributed by atoms with Crippen molar-refractivity contribution in [2.24, 2.45) is 5.73 Å². The number of thiophene rings is 1. The van der Waals surface area contributed by atoms with E-state index in [-0.39, 0.29) is 0 Å². The van der Waals surface area contributed by atoms with Gasteiger partial charge in [0.05, 0.1) is 4.88 Å². The number of aromatic nitrogens is 4. The van der Waals surface area contributed by atoms with Gasteiger partial charge < -0.3 is 20.5 Å². The number of imidazole rings is 1. The average molecular weight is 440 g/mol. The molecule has 10 heteroatoms. The van der Waals surface area contributed by atoms with E-state index in [0.29, 0.717) is 27.7 Å². The van der Waals surface area contributed by atoms with Crippen molar-refractivity contribution >= 4 is 51.6 Å². The third-order valence-electron chi connectivity index (χ3n) is 5.13. The van der Waals surface area contributed by atoms with Gasteiger partial charge in [0.15, 0.2) is 16.6 Å². The fraction of sp³-hybridized carbons (Fsp3) is 0.200. The van der Waals surface area contributed by atoms with Crippen molar-refractivity contribution < 1.29 is 4.79 Å². The lowest BCUT2D eigenvalue weighted by molar-refractivity contribution is 0.100. The van der Waals surface area contributed by atoms with Crippen LogP contribution >= 0.6 is 22.9 Å². The largest absolute Gasteiger partial charge is 0.368 e. The summed E-state index contributed by atoms with van der Waals surface area (Å²) < 4.78 is 0. The molecule has 0 spiro atoms. The summed E-state index contributed by atoms with van der Waals surface area (Å²) in [4.78, 5) is 33.6. The molecule has 1 aliphatic heterocycles. The van der Waals surface area contributed by atoms with E-state index in [0.717, 1.165) is 42.7 Å². The smallest absolute Gasteiger partial charge is 0.248 e. The Balaban J connectivity index is 1.33. The molecule has 0 aliphatic carbocycles. The second-order valence-electron chi connectivity index (χ2n) is 6.96. The maximum atomic E-state index is 11.2. The van der Waals surface area contributed by atoms with Gasteiger partial charge in [0.25, 0.3) is 0 Å². The van der Waals surface area contributed by atoms with E-state index in [4.69, 9.17) is 17.3 Å². The summed E-state index contributed by atoms with van der Waals surface area (Å²) in [6.07, 6.45) is 0. The minimum atomic E-state index is -0.416. The lowest BCUT2D eigenvalue weighted by Gasteiger charge is -2.36. The Bertz CT molecular complexity index is 1200. The van der Waals surface area contributed by atoms with Gasteiger partial charge in [-0.25, -0.2) is 9.97 Å². The van der Waals surface area contributed by atoms with Gasteiger partial charge in [-0.2, -0.15) is 4.98 Å². The number of halogens is 1. The molecule has 1 saturated heterocycles. The van der Waals surface area contributed by atoms with Crippen LogP contribution in [0.4, 0.5) is 11.6 Å². The summed E-state index contributed by atoms with van der Waals surface area (Å²) in [6.45, 7) is 3.24. The molecule has 0 atom stereocenters. The highest BCUT2D eigenvalue weighted by Crippen LogP contribution is 2.28. The van der Waals surface area contributed by atoms with Gasteiger partial charge in [-0.05, 0) is 35.7 Å². The number of fused-ring (bicyclic) bond motifs is 1. The molecule has 1 amide bonds. The summed E-state index contributed by atoms with van der Waals surface area (Å²) in [7, 11) is 0. The Kier molecular flexibility index (Phi) is 4.76. The van der Waals surface area contributed by atoms with Gasteiger partial charge in [-0.15, -0.1) is 11.3 Å². The van der Waals surface area contributed by atoms with Crippen LogP contribution in [-0.2, 0) is 0 Å². The zero-order valence-electron chi connectivity index (χ0n) is 15.9. The highest BCUT2D eigenvalue weighted by atomic mass is 35.5. The molecule has 3 N–H and O–H groups in total. The van der Waals surface area contributed by atoms with Crippen LogP contribution in [0.25, 0.3) is 21.9 Å². The van der Waals surface area contributed by atoms with E-state index in [1.54, 1.807) is 23.5 Å². The number of nitrogens with zero attached hydrogens (tertiary/aromatic N) is 5. The first-order valence-corrected chi connectivity index (χ1v) is 10.7. The Hall–Kier alpha value is -3.17. The van der Waals surface area contributed by atoms with E-state index >= 15 is 0 Å². The maximum Gasteiger partial charge on any atom is 0.248 e. The third-order valence-corrected chi connectivity index (χ3v) is 6.27. The normalized spacial score (nSPS) is 14.4. The second-order valence-corrected chi connectivity index (χ2v) is 8.27. The van der Waals surface area contributed by atoms with Gasteiger partial charge in [0, 0.05) is 37.4 Å². The van der Waals surface area contributed by atoms with E-state index < -0.39 is 5.91 Å². The molecule has 0 unspecified atom stereocenters. The molecule has 0 saturated carbocycles. The topological polar surface area (TPSA) is 104 Å². The third kappa shape index (κ3) is 3.46. The average Bonchev–Trinajstić information content (AvgIpc) is 3.44. The summed E-state index contributed by atoms with van der Waals surface area (Å²) in [6, 6.07) is 11.3. The summed E-state index contributed by atoms with van der Waals surface area (Å²) in [5.74, 6) is 0.915. The molecule has 1 aliphatic rings. The van der Waals surface area contributed by atoms with Gasteiger partial charge >= 0.3 is 0 Å². The number of piperazine rings is 1. The van der Waals surface area contributed by atoms with E-state index in [9.17, 15) is 4.79 Å². The molecule has 5 rings (SSSR count). The minimum absolute atomic E-state index is 0.371. The van der Waals surface area contributed by atoms with Crippen molar-refractivity contribution in [3.8, 4) is 10.7 Å². The fourth-order valence-corrected chi connectivity index (χ4v) is 4.40. The van der Waals surface area contributed by atoms with Gasteiger partial charge in [-0.1, -0.05) is 17.7 Å². The number of nitrogens with one attached hydrogen (secondary N) is 1. The molecule has 4 heterocycles. The van der Waals surface area contributed by atoms with E-state index in [1.807, 2.05) is 29.6 Å². The first kappa shape index (κ1) is 18.8. The van der Waals surface area contributed by atoms with E-state index in [1.165, 1.54) is 0 Å². The molecule has 1 aromatic carbocycles. The van der Waals surface area contributed by atoms with Crippen molar-refractivity contribution in [1.29, 1.82) is 0 Å². The monoisotopic (exact) mass is 439 g/mol. The summed E-state index contributed by atoms with van der Waals surface area (Å²) >= 11 is 7.96. The van der Waals surface area contributed by atoms with Gasteiger partial charge in [0.1, 0.15) is 5.52 Å². The van der Waals surface area contributed by atoms with Crippen LogP contribution in [0, 0.1) is 0 Å². The number of amides is 1. The Morgan fingerprint density at radius 2 is 1.77 bits per heavy atom. The second kappa shape index (κ2) is 7.58. The minimum Gasteiger partial charge on any atom is -0.368 e.